The molecule has 28 amide bonds. The van der Waals surface area contributed by atoms with Gasteiger partial charge in [0, 0.05) is 0 Å². The Bertz CT molecular complexity index is 3480. The molecule has 0 bridgehead atoms. The van der Waals surface area contributed by atoms with Crippen LogP contribution >= 0.6 is 0 Å². The highest BCUT2D eigenvalue weighted by molar-refractivity contribution is 5.96. The molecule has 0 unspecified atom stereocenters. The van der Waals surface area contributed by atoms with Gasteiger partial charge in [-0.25, -0.2) is 67.1 Å². The molecule has 0 atom stereocenters. The first-order chi connectivity index (χ1) is 41.8. The maximum atomic E-state index is 15.9. The van der Waals surface area contributed by atoms with Crippen molar-refractivity contribution >= 4 is 84.4 Å². The summed E-state index contributed by atoms with van der Waals surface area (Å²) in [6.45, 7) is -3.90. The van der Waals surface area contributed by atoms with E-state index in [1.54, 1.807) is 13.8 Å². The van der Waals surface area contributed by atoms with Crippen molar-refractivity contribution in [2.75, 3.05) is 93.4 Å². The number of rotatable bonds is 1. The van der Waals surface area contributed by atoms with Crippen LogP contribution in [0.4, 0.5) is 67.1 Å². The summed E-state index contributed by atoms with van der Waals surface area (Å²) in [5.41, 5.74) is -3.53. The fourth-order valence-corrected chi connectivity index (χ4v) is 20.0. The molecule has 0 aliphatic carbocycles. The highest BCUT2D eigenvalue weighted by Crippen LogP contribution is 2.58. The highest BCUT2D eigenvalue weighted by Gasteiger charge is 2.82. The van der Waals surface area contributed by atoms with Gasteiger partial charge in [-0.05, 0) is 13.3 Å². The topological polar surface area (TPSA) is 330 Å². The molecule has 0 aromatic rings. The lowest BCUT2D eigenvalue weighted by molar-refractivity contribution is -0.117. The van der Waals surface area contributed by atoms with Gasteiger partial charge in [-0.15, -0.1) is 0 Å². The molecular weight excluding hydrogens is 1160 g/mol. The number of hydrogen-bond donors (Lipinski definition) is 0. The number of hydrogen-bond acceptors (Lipinski definition) is 14. The Balaban J connectivity index is 0.749. The predicted molar refractivity (Wildman–Crippen MR) is 262 cm³/mol. The van der Waals surface area contributed by atoms with Gasteiger partial charge in [-0.2, -0.15) is 0 Å². The summed E-state index contributed by atoms with van der Waals surface area (Å²) in [5.74, 6) is 0. The molecule has 42 heteroatoms. The van der Waals surface area contributed by atoms with Crippen LogP contribution in [0.3, 0.4) is 0 Å². The SMILES string of the molecule is CCC12N3CN4C(=O)N5CN6C(=O)N7CN8C(=O)N9CN%10C(=O)N%11CN%12C(=O)N%13CN%14C(=O)N%15CN(C3=O)C1(C)N1CN3C(=O)N(CN%16C(=O)N(CN%17C(=O)N(CN%18C(=O)N(CN%19C(=O)N(CN%20C(=O)N(CN2C1=O)C4C5%20)C6C7%19)C8C9%18)C%10C%11%17)C%12C%13%16)C%14C%153. The summed E-state index contributed by atoms with van der Waals surface area (Å²) in [5, 5.41) is 0. The van der Waals surface area contributed by atoms with E-state index in [0.717, 1.165) is 0 Å². The second kappa shape index (κ2) is 13.3. The third kappa shape index (κ3) is 4.19. The van der Waals surface area contributed by atoms with Crippen LogP contribution in [0.15, 0.2) is 0 Å². The first-order valence-electron chi connectivity index (χ1n) is 28.9. The Morgan fingerprint density at radius 3 is 0.483 bits per heavy atom. The fraction of sp³-hybridized carbons (Fsp3) is 0.689. The normalized spacial score (nSPS) is 41.1. The minimum atomic E-state index is -1.78. The first kappa shape index (κ1) is 46.1. The maximum absolute atomic E-state index is 15.9. The predicted octanol–water partition coefficient (Wildman–Crippen LogP) is -5.44. The minimum Gasteiger partial charge on any atom is -0.282 e. The minimum absolute atomic E-state index is 0.0194. The molecule has 21 heterocycles. The van der Waals surface area contributed by atoms with Crippen LogP contribution in [0.2, 0.25) is 0 Å². The fourth-order valence-electron chi connectivity index (χ4n) is 20.0. The van der Waals surface area contributed by atoms with Crippen LogP contribution in [0.5, 0.6) is 0 Å². The quantitative estimate of drug-likeness (QED) is 0.237. The smallest absolute Gasteiger partial charge is 0.282 e. The van der Waals surface area contributed by atoms with Crippen LogP contribution < -0.4 is 0 Å². The molecule has 0 aromatic heterocycles. The average molecular weight is 1210 g/mol. The summed E-state index contributed by atoms with van der Waals surface area (Å²) in [4.78, 5) is 255. The summed E-state index contributed by atoms with van der Waals surface area (Å²) in [7, 11) is 0. The van der Waals surface area contributed by atoms with Crippen molar-refractivity contribution in [3.63, 3.8) is 0 Å². The van der Waals surface area contributed by atoms with Gasteiger partial charge in [0.05, 0.1) is 0 Å². The zero-order valence-corrected chi connectivity index (χ0v) is 45.8. The zero-order valence-electron chi connectivity index (χ0n) is 45.8. The second-order valence-corrected chi connectivity index (χ2v) is 26.1. The molecule has 21 aliphatic rings. The van der Waals surface area contributed by atoms with Crippen molar-refractivity contribution in [1.82, 2.24) is 137 Å². The molecular formula is C45H48N28O14. The van der Waals surface area contributed by atoms with Gasteiger partial charge in [-0.1, -0.05) is 6.92 Å². The molecule has 21 rings (SSSR count). The monoisotopic (exact) mass is 1200 g/mol. The average Bonchev–Trinajstić information content (AvgIpc) is 1.50. The summed E-state index contributed by atoms with van der Waals surface area (Å²) in [6, 6.07) is -9.99. The van der Waals surface area contributed by atoms with E-state index in [0.29, 0.717) is 0 Å². The highest BCUT2D eigenvalue weighted by atomic mass is 16.3. The van der Waals surface area contributed by atoms with Gasteiger partial charge in [-0.3, -0.25) is 137 Å². The first-order valence-corrected chi connectivity index (χ1v) is 28.9. The Hall–Kier alpha value is -10.2. The molecule has 0 N–H and O–H groups in total. The van der Waals surface area contributed by atoms with E-state index in [2.05, 4.69) is 0 Å². The van der Waals surface area contributed by atoms with Crippen molar-refractivity contribution in [2.24, 2.45) is 0 Å². The number of nitrogens with zero attached hydrogens (tertiary/aromatic N) is 28. The molecule has 21 saturated heterocycles. The van der Waals surface area contributed by atoms with E-state index >= 15 is 67.1 Å². The largest absolute Gasteiger partial charge is 0.326 e. The summed E-state index contributed by atoms with van der Waals surface area (Å²) in [6.07, 6.45) is -14.9. The number of carbonyl (C=O) groups is 14. The van der Waals surface area contributed by atoms with Gasteiger partial charge in [0.15, 0.2) is 85.3 Å². The summed E-state index contributed by atoms with van der Waals surface area (Å²) < 4.78 is 0. The molecule has 0 aromatic carbocycles. The maximum Gasteiger partial charge on any atom is 0.326 e. The number of carbonyl (C=O) groups excluding carboxylic acids is 14. The molecule has 0 saturated carbocycles. The third-order valence-electron chi connectivity index (χ3n) is 23.5. The van der Waals surface area contributed by atoms with Crippen molar-refractivity contribution in [1.29, 1.82) is 0 Å². The second-order valence-electron chi connectivity index (χ2n) is 26.1. The molecule has 87 heavy (non-hydrogen) atoms. The van der Waals surface area contributed by atoms with E-state index < -0.39 is 263 Å². The van der Waals surface area contributed by atoms with Crippen molar-refractivity contribution in [3.05, 3.63) is 0 Å². The molecule has 0 radical (unpaired) electrons. The van der Waals surface area contributed by atoms with E-state index in [9.17, 15) is 0 Å². The Morgan fingerprint density at radius 2 is 0.345 bits per heavy atom. The third-order valence-corrected chi connectivity index (χ3v) is 23.5. The molecule has 452 valence electrons. The lowest BCUT2D eigenvalue weighted by Crippen LogP contribution is -2.72. The van der Waals surface area contributed by atoms with Gasteiger partial charge in [0.1, 0.15) is 93.4 Å². The van der Waals surface area contributed by atoms with E-state index in [1.165, 1.54) is 137 Å². The molecule has 42 nitrogen and oxygen atoms in total. The van der Waals surface area contributed by atoms with Crippen LogP contribution in [0.1, 0.15) is 20.3 Å². The van der Waals surface area contributed by atoms with Crippen LogP contribution in [0, 0.1) is 0 Å². The van der Waals surface area contributed by atoms with Gasteiger partial charge in [0.25, 0.3) is 0 Å². The zero-order chi connectivity index (χ0) is 58.8. The van der Waals surface area contributed by atoms with Gasteiger partial charge < -0.3 is 0 Å². The van der Waals surface area contributed by atoms with Crippen LogP contribution in [-0.4, -0.2) is 400 Å². The van der Waals surface area contributed by atoms with E-state index in [1.807, 2.05) is 0 Å². The van der Waals surface area contributed by atoms with Gasteiger partial charge >= 0.3 is 84.4 Å². The van der Waals surface area contributed by atoms with Crippen LogP contribution in [0.25, 0.3) is 0 Å². The van der Waals surface area contributed by atoms with E-state index in [-0.39, 0.29) is 6.42 Å². The molecule has 0 spiro atoms. The van der Waals surface area contributed by atoms with Crippen molar-refractivity contribution in [2.45, 2.75) is 106 Å². The van der Waals surface area contributed by atoms with Crippen molar-refractivity contribution < 1.29 is 67.1 Å². The van der Waals surface area contributed by atoms with E-state index in [4.69, 9.17) is 0 Å². The standard InChI is InChI=1S/C45H48N28O14/c1-3-45-44(2)70-14-66-28-26-62(38(66)82)10-58-24-22-54(34(58)78)6-50-20-18-46(30(50)74)4-48-19-21-52(32(48)76)8-56-23-25-60(36(56)80)12-64-27-29(68(40(64)84)16-72(45)42(70)86)69-17-73(45)43(87)71(44)15-67(28)39(83)63(26)11-59(24)35(79)55(22)7-51(20)31(75)47(18)5-49(19)33(77)53(21)9-57(23)37(81)61(25)13-65(27)41(69)85/h18-29H,3-17H2,1-2H3. The molecule has 21 aliphatic heterocycles. The Labute approximate surface area is 486 Å². The Morgan fingerprint density at radius 1 is 0.218 bits per heavy atom. The molecule has 21 fully saturated rings. The number of urea groups is 14. The van der Waals surface area contributed by atoms with Crippen molar-refractivity contribution in [3.8, 4) is 0 Å². The van der Waals surface area contributed by atoms with Crippen LogP contribution in [-0.2, 0) is 0 Å². The van der Waals surface area contributed by atoms with Gasteiger partial charge in [0.2, 0.25) is 0 Å². The summed E-state index contributed by atoms with van der Waals surface area (Å²) >= 11 is 0. The lowest BCUT2D eigenvalue weighted by Gasteiger charge is -2.52. The number of amides is 28. The Kier molecular flexibility index (Phi) is 7.03. The lowest BCUT2D eigenvalue weighted by atomic mass is 9.90.